The van der Waals surface area contributed by atoms with Crippen molar-refractivity contribution in [3.8, 4) is 6.07 Å². The third-order valence-corrected chi connectivity index (χ3v) is 3.22. The van der Waals surface area contributed by atoms with Crippen LogP contribution in [0.4, 0.5) is 0 Å². The molecule has 0 spiro atoms. The van der Waals surface area contributed by atoms with E-state index in [1.807, 2.05) is 25.1 Å². The van der Waals surface area contributed by atoms with Crippen LogP contribution in [0.15, 0.2) is 23.2 Å². The Morgan fingerprint density at radius 3 is 3.15 bits per heavy atom. The zero-order chi connectivity index (χ0) is 9.68. The number of thioether (sulfide) groups is 1. The van der Waals surface area contributed by atoms with Gasteiger partial charge in [-0.15, -0.1) is 23.4 Å². The summed E-state index contributed by atoms with van der Waals surface area (Å²) >= 11 is 7.25. The molecule has 0 fully saturated rings. The summed E-state index contributed by atoms with van der Waals surface area (Å²) in [4.78, 5) is 4.86. The fraction of sp³-hybridized carbons (Fsp3) is 0.333. The lowest BCUT2D eigenvalue weighted by Gasteiger charge is -2.06. The van der Waals surface area contributed by atoms with Crippen LogP contribution in [0.1, 0.15) is 12.6 Å². The Balaban J connectivity index is 2.82. The molecule has 2 nitrogen and oxygen atoms in total. The molecule has 1 aromatic rings. The van der Waals surface area contributed by atoms with E-state index in [0.29, 0.717) is 16.8 Å². The van der Waals surface area contributed by atoms with Gasteiger partial charge < -0.3 is 0 Å². The van der Waals surface area contributed by atoms with Crippen molar-refractivity contribution in [2.45, 2.75) is 17.1 Å². The lowest BCUT2D eigenvalue weighted by molar-refractivity contribution is 1.10. The van der Waals surface area contributed by atoms with E-state index in [1.54, 1.807) is 18.0 Å². The highest BCUT2D eigenvalue weighted by Crippen LogP contribution is 2.25. The maximum absolute atomic E-state index is 8.75. The summed E-state index contributed by atoms with van der Waals surface area (Å²) in [5.41, 5.74) is 0.476. The first-order valence-corrected chi connectivity index (χ1v) is 5.27. The van der Waals surface area contributed by atoms with E-state index in [4.69, 9.17) is 16.9 Å². The lowest BCUT2D eigenvalue weighted by atomic mass is 10.4. The van der Waals surface area contributed by atoms with Gasteiger partial charge in [-0.2, -0.15) is 5.26 Å². The topological polar surface area (TPSA) is 36.7 Å². The Hall–Kier alpha value is -0.720. The summed E-state index contributed by atoms with van der Waals surface area (Å²) in [6.45, 7) is 2.02. The molecule has 1 rings (SSSR count). The molecular weight excluding hydrogens is 204 g/mol. The predicted octanol–water partition coefficient (Wildman–Crippen LogP) is 2.67. The normalized spacial score (nSPS) is 12.1. The Morgan fingerprint density at radius 1 is 1.77 bits per heavy atom. The molecule has 1 aromatic heterocycles. The molecule has 68 valence electrons. The average Bonchev–Trinajstić information content (AvgIpc) is 2.18. The highest BCUT2D eigenvalue weighted by atomic mass is 35.5. The van der Waals surface area contributed by atoms with E-state index in [9.17, 15) is 0 Å². The van der Waals surface area contributed by atoms with Gasteiger partial charge in [0, 0.05) is 22.2 Å². The third kappa shape index (κ3) is 2.91. The molecule has 1 heterocycles. The van der Waals surface area contributed by atoms with Crippen LogP contribution in [0.2, 0.25) is 0 Å². The summed E-state index contributed by atoms with van der Waals surface area (Å²) in [5, 5.41) is 9.05. The Labute approximate surface area is 86.9 Å². The van der Waals surface area contributed by atoms with Gasteiger partial charge in [0.05, 0.1) is 0 Å². The molecule has 0 amide bonds. The van der Waals surface area contributed by atoms with Crippen molar-refractivity contribution in [2.24, 2.45) is 0 Å². The molecule has 0 N–H and O–H groups in total. The minimum atomic E-state index is 0.304. The van der Waals surface area contributed by atoms with E-state index in [1.165, 1.54) is 0 Å². The Morgan fingerprint density at radius 2 is 2.54 bits per heavy atom. The smallest absolute Gasteiger partial charge is 0.153 e. The molecule has 0 radical (unpaired) electrons. The zero-order valence-electron chi connectivity index (χ0n) is 7.20. The maximum Gasteiger partial charge on any atom is 0.153 e. The summed E-state index contributed by atoms with van der Waals surface area (Å²) in [6, 6.07) is 5.76. The number of rotatable bonds is 3. The van der Waals surface area contributed by atoms with Crippen molar-refractivity contribution in [2.75, 3.05) is 5.88 Å². The molecule has 13 heavy (non-hydrogen) atoms. The summed E-state index contributed by atoms with van der Waals surface area (Å²) < 4.78 is 0. The molecule has 4 heteroatoms. The van der Waals surface area contributed by atoms with E-state index in [0.717, 1.165) is 4.90 Å². The molecule has 0 aliphatic rings. The third-order valence-electron chi connectivity index (χ3n) is 1.42. The molecule has 0 saturated heterocycles. The van der Waals surface area contributed by atoms with Gasteiger partial charge in [-0.25, -0.2) is 4.98 Å². The highest BCUT2D eigenvalue weighted by Gasteiger charge is 2.07. The van der Waals surface area contributed by atoms with Crippen LogP contribution in [0, 0.1) is 11.3 Å². The van der Waals surface area contributed by atoms with Crippen LogP contribution < -0.4 is 0 Å². The van der Waals surface area contributed by atoms with E-state index in [2.05, 4.69) is 4.98 Å². The van der Waals surface area contributed by atoms with Crippen LogP contribution in [-0.4, -0.2) is 16.1 Å². The van der Waals surface area contributed by atoms with Gasteiger partial charge in [-0.05, 0) is 12.1 Å². The quantitative estimate of drug-likeness (QED) is 0.571. The number of hydrogen-bond acceptors (Lipinski definition) is 3. The number of aromatic nitrogens is 1. The molecule has 1 unspecified atom stereocenters. The lowest BCUT2D eigenvalue weighted by Crippen LogP contribution is -1.98. The monoisotopic (exact) mass is 212 g/mol. The summed E-state index contributed by atoms with van der Waals surface area (Å²) in [7, 11) is 0. The molecule has 0 aliphatic heterocycles. The van der Waals surface area contributed by atoms with Gasteiger partial charge in [-0.1, -0.05) is 6.92 Å². The fourth-order valence-corrected chi connectivity index (χ4v) is 1.87. The average molecular weight is 213 g/mol. The first kappa shape index (κ1) is 10.4. The first-order chi connectivity index (χ1) is 6.27. The standard InChI is InChI=1S/C9H9ClN2S/c1-7(5-10)13-9-3-2-4-12-8(9)6-11/h2-4,7H,5H2,1H3. The number of pyridine rings is 1. The zero-order valence-corrected chi connectivity index (χ0v) is 8.77. The van der Waals surface area contributed by atoms with Gasteiger partial charge in [0.25, 0.3) is 0 Å². The second-order valence-electron chi connectivity index (χ2n) is 2.54. The summed E-state index contributed by atoms with van der Waals surface area (Å²) in [5.74, 6) is 0.574. The van der Waals surface area contributed by atoms with Crippen LogP contribution in [-0.2, 0) is 0 Å². The van der Waals surface area contributed by atoms with Crippen molar-refractivity contribution in [3.05, 3.63) is 24.0 Å². The number of nitrogens with zero attached hydrogens (tertiary/aromatic N) is 2. The van der Waals surface area contributed by atoms with Crippen LogP contribution in [0.25, 0.3) is 0 Å². The Kier molecular flexibility index (Phi) is 4.07. The molecule has 1 atom stereocenters. The van der Waals surface area contributed by atoms with Crippen molar-refractivity contribution < 1.29 is 0 Å². The molecule has 0 aliphatic carbocycles. The van der Waals surface area contributed by atoms with Crippen LogP contribution >= 0.6 is 23.4 Å². The molecular formula is C9H9ClN2S. The van der Waals surface area contributed by atoms with Gasteiger partial charge in [0.1, 0.15) is 6.07 Å². The van der Waals surface area contributed by atoms with Gasteiger partial charge in [0.2, 0.25) is 0 Å². The molecule has 0 saturated carbocycles. The Bertz CT molecular complexity index is 322. The maximum atomic E-state index is 8.75. The number of alkyl halides is 1. The summed E-state index contributed by atoms with van der Waals surface area (Å²) in [6.07, 6.45) is 1.62. The minimum Gasteiger partial charge on any atom is -0.244 e. The van der Waals surface area contributed by atoms with Crippen LogP contribution in [0.3, 0.4) is 0 Å². The van der Waals surface area contributed by atoms with E-state index >= 15 is 0 Å². The van der Waals surface area contributed by atoms with E-state index in [-0.39, 0.29) is 0 Å². The van der Waals surface area contributed by atoms with Crippen LogP contribution in [0.5, 0.6) is 0 Å². The SMILES string of the molecule is CC(CCl)Sc1cccnc1C#N. The first-order valence-electron chi connectivity index (χ1n) is 3.85. The van der Waals surface area contributed by atoms with Crippen molar-refractivity contribution in [1.82, 2.24) is 4.98 Å². The molecule has 0 aromatic carbocycles. The number of nitriles is 1. The van der Waals surface area contributed by atoms with Crippen molar-refractivity contribution in [3.63, 3.8) is 0 Å². The highest BCUT2D eigenvalue weighted by molar-refractivity contribution is 8.00. The van der Waals surface area contributed by atoms with Crippen molar-refractivity contribution >= 4 is 23.4 Å². The van der Waals surface area contributed by atoms with Gasteiger partial charge in [-0.3, -0.25) is 0 Å². The number of hydrogen-bond donors (Lipinski definition) is 0. The van der Waals surface area contributed by atoms with Crippen molar-refractivity contribution in [1.29, 1.82) is 5.26 Å². The van der Waals surface area contributed by atoms with Gasteiger partial charge >= 0.3 is 0 Å². The van der Waals surface area contributed by atoms with Gasteiger partial charge in [0.15, 0.2) is 5.69 Å². The predicted molar refractivity (Wildman–Crippen MR) is 55.0 cm³/mol. The fourth-order valence-electron chi connectivity index (χ4n) is 0.818. The largest absolute Gasteiger partial charge is 0.244 e. The second kappa shape index (κ2) is 5.11. The second-order valence-corrected chi connectivity index (χ2v) is 4.33. The molecule has 0 bridgehead atoms. The minimum absolute atomic E-state index is 0.304. The number of halogens is 1. The van der Waals surface area contributed by atoms with E-state index < -0.39 is 0 Å².